The predicted molar refractivity (Wildman–Crippen MR) is 70.3 cm³/mol. The molecule has 0 bridgehead atoms. The molecule has 1 aromatic heterocycles. The number of ether oxygens (including phenoxy) is 1. The van der Waals surface area contributed by atoms with E-state index in [9.17, 15) is 12.8 Å². The van der Waals surface area contributed by atoms with Crippen LogP contribution in [0.3, 0.4) is 0 Å². The zero-order chi connectivity index (χ0) is 14.6. The molecule has 0 saturated heterocycles. The van der Waals surface area contributed by atoms with Gasteiger partial charge in [-0.3, -0.25) is 0 Å². The number of nitrogens with one attached hydrogen (secondary N) is 2. The van der Waals surface area contributed by atoms with Crippen LogP contribution in [0.2, 0.25) is 0 Å². The van der Waals surface area contributed by atoms with Crippen LogP contribution in [0.4, 0.5) is 4.39 Å². The fraction of sp³-hybridized carbons (Fsp3) is 0.250. The van der Waals surface area contributed by atoms with Gasteiger partial charge in [0.2, 0.25) is 0 Å². The topological polar surface area (TPSA) is 84.1 Å². The minimum atomic E-state index is -3.65. The van der Waals surface area contributed by atoms with Gasteiger partial charge in [-0.2, -0.15) is 0 Å². The van der Waals surface area contributed by atoms with Crippen LogP contribution >= 0.6 is 0 Å². The molecule has 0 radical (unpaired) electrons. The smallest absolute Gasteiger partial charge is 0.257 e. The summed E-state index contributed by atoms with van der Waals surface area (Å²) in [5.74, 6) is -0.0641. The Labute approximate surface area is 116 Å². The van der Waals surface area contributed by atoms with Gasteiger partial charge in [-0.05, 0) is 19.1 Å². The van der Waals surface area contributed by atoms with Gasteiger partial charge in [-0.15, -0.1) is 0 Å². The molecule has 0 amide bonds. The maximum atomic E-state index is 12.9. The van der Waals surface area contributed by atoms with Crippen molar-refractivity contribution in [2.24, 2.45) is 0 Å². The minimum Gasteiger partial charge on any atom is -0.492 e. The van der Waals surface area contributed by atoms with Gasteiger partial charge in [0.25, 0.3) is 10.0 Å². The van der Waals surface area contributed by atoms with Crippen molar-refractivity contribution in [1.82, 2.24) is 14.7 Å². The summed E-state index contributed by atoms with van der Waals surface area (Å²) in [7, 11) is -3.65. The van der Waals surface area contributed by atoms with E-state index in [0.717, 1.165) is 0 Å². The molecule has 2 rings (SSSR count). The summed E-state index contributed by atoms with van der Waals surface area (Å²) in [6.07, 6.45) is 2.49. The molecule has 2 N–H and O–H groups in total. The Morgan fingerprint density at radius 2 is 2.30 bits per heavy atom. The molecule has 1 heterocycles. The molecule has 0 spiro atoms. The zero-order valence-electron chi connectivity index (χ0n) is 10.7. The summed E-state index contributed by atoms with van der Waals surface area (Å²) in [4.78, 5) is 6.16. The molecule has 1 aromatic carbocycles. The number of aromatic amines is 1. The van der Waals surface area contributed by atoms with E-state index in [1.807, 2.05) is 0 Å². The van der Waals surface area contributed by atoms with Gasteiger partial charge in [0.15, 0.2) is 5.03 Å². The number of aromatic nitrogens is 2. The number of rotatable bonds is 6. The van der Waals surface area contributed by atoms with Crippen LogP contribution in [0, 0.1) is 5.82 Å². The van der Waals surface area contributed by atoms with Crippen LogP contribution in [-0.4, -0.2) is 31.0 Å². The SMILES string of the molecule is C[C@@H](COc1cccc(F)c1)NS(=O)(=O)c1cnc[nH]1. The molecule has 2 aromatic rings. The second-order valence-electron chi connectivity index (χ2n) is 4.21. The first-order valence-electron chi connectivity index (χ1n) is 5.86. The maximum Gasteiger partial charge on any atom is 0.257 e. The number of H-pyrrole nitrogens is 1. The van der Waals surface area contributed by atoms with Crippen molar-refractivity contribution in [2.75, 3.05) is 6.61 Å². The number of imidazole rings is 1. The van der Waals surface area contributed by atoms with E-state index in [-0.39, 0.29) is 11.6 Å². The summed E-state index contributed by atoms with van der Waals surface area (Å²) >= 11 is 0. The molecular formula is C12H14FN3O3S. The standard InChI is InChI=1S/C12H14FN3O3S/c1-9(7-19-11-4-2-3-10(13)5-11)16-20(17,18)12-6-14-8-15-12/h2-6,8-9,16H,7H2,1H3,(H,14,15)/t9-/m0/s1. The Morgan fingerprint density at radius 3 is 2.95 bits per heavy atom. The van der Waals surface area contributed by atoms with E-state index in [0.29, 0.717) is 5.75 Å². The first kappa shape index (κ1) is 14.5. The highest BCUT2D eigenvalue weighted by Gasteiger charge is 2.18. The van der Waals surface area contributed by atoms with E-state index in [1.165, 1.54) is 30.7 Å². The molecule has 0 unspecified atom stereocenters. The average molecular weight is 299 g/mol. The lowest BCUT2D eigenvalue weighted by Gasteiger charge is -2.14. The van der Waals surface area contributed by atoms with E-state index in [2.05, 4.69) is 14.7 Å². The lowest BCUT2D eigenvalue weighted by Crippen LogP contribution is -2.36. The van der Waals surface area contributed by atoms with Crippen molar-refractivity contribution in [2.45, 2.75) is 18.0 Å². The van der Waals surface area contributed by atoms with Crippen molar-refractivity contribution >= 4 is 10.0 Å². The third-order valence-electron chi connectivity index (χ3n) is 2.42. The second kappa shape index (κ2) is 6.02. The summed E-state index contributed by atoms with van der Waals surface area (Å²) in [5.41, 5.74) is 0. The quantitative estimate of drug-likeness (QED) is 0.842. The van der Waals surface area contributed by atoms with Crippen molar-refractivity contribution < 1.29 is 17.5 Å². The average Bonchev–Trinajstić information content (AvgIpc) is 2.90. The number of sulfonamides is 1. The Balaban J connectivity index is 1.91. The van der Waals surface area contributed by atoms with Gasteiger partial charge in [0, 0.05) is 6.07 Å². The number of hydrogen-bond donors (Lipinski definition) is 2. The van der Waals surface area contributed by atoms with Crippen molar-refractivity contribution in [3.8, 4) is 5.75 Å². The van der Waals surface area contributed by atoms with Gasteiger partial charge in [0.1, 0.15) is 18.2 Å². The highest BCUT2D eigenvalue weighted by atomic mass is 32.2. The number of nitrogens with zero attached hydrogens (tertiary/aromatic N) is 1. The third-order valence-corrected chi connectivity index (χ3v) is 3.93. The van der Waals surface area contributed by atoms with Gasteiger partial charge in [-0.1, -0.05) is 6.07 Å². The monoisotopic (exact) mass is 299 g/mol. The summed E-state index contributed by atoms with van der Waals surface area (Å²) in [6.45, 7) is 1.73. The molecule has 0 fully saturated rings. The largest absolute Gasteiger partial charge is 0.492 e. The first-order valence-corrected chi connectivity index (χ1v) is 7.35. The van der Waals surface area contributed by atoms with Gasteiger partial charge in [-0.25, -0.2) is 22.5 Å². The van der Waals surface area contributed by atoms with Crippen molar-refractivity contribution in [3.05, 3.63) is 42.6 Å². The minimum absolute atomic E-state index is 0.0184. The molecule has 8 heteroatoms. The molecule has 0 saturated carbocycles. The molecule has 108 valence electrons. The fourth-order valence-corrected chi connectivity index (χ4v) is 2.66. The van der Waals surface area contributed by atoms with Crippen LogP contribution in [0.1, 0.15) is 6.92 Å². The van der Waals surface area contributed by atoms with E-state index < -0.39 is 21.9 Å². The second-order valence-corrected chi connectivity index (χ2v) is 5.89. The Hall–Kier alpha value is -1.93. The van der Waals surface area contributed by atoms with Gasteiger partial charge < -0.3 is 9.72 Å². The van der Waals surface area contributed by atoms with Crippen LogP contribution in [-0.2, 0) is 10.0 Å². The lowest BCUT2D eigenvalue weighted by atomic mass is 10.3. The molecule has 20 heavy (non-hydrogen) atoms. The molecule has 0 aliphatic rings. The normalized spacial score (nSPS) is 13.1. The highest BCUT2D eigenvalue weighted by Crippen LogP contribution is 2.12. The Bertz CT molecular complexity index is 658. The Morgan fingerprint density at radius 1 is 1.50 bits per heavy atom. The van der Waals surface area contributed by atoms with E-state index in [1.54, 1.807) is 13.0 Å². The predicted octanol–water partition coefficient (Wildman–Crippen LogP) is 1.29. The van der Waals surface area contributed by atoms with Crippen LogP contribution in [0.5, 0.6) is 5.75 Å². The van der Waals surface area contributed by atoms with Crippen molar-refractivity contribution in [1.29, 1.82) is 0 Å². The molecule has 1 atom stereocenters. The van der Waals surface area contributed by atoms with Gasteiger partial charge in [0.05, 0.1) is 18.6 Å². The van der Waals surface area contributed by atoms with Crippen LogP contribution in [0.25, 0.3) is 0 Å². The van der Waals surface area contributed by atoms with Crippen LogP contribution in [0.15, 0.2) is 41.8 Å². The number of hydrogen-bond acceptors (Lipinski definition) is 4. The zero-order valence-corrected chi connectivity index (χ0v) is 11.5. The van der Waals surface area contributed by atoms with E-state index >= 15 is 0 Å². The van der Waals surface area contributed by atoms with Gasteiger partial charge >= 0.3 is 0 Å². The third kappa shape index (κ3) is 3.78. The van der Waals surface area contributed by atoms with Crippen molar-refractivity contribution in [3.63, 3.8) is 0 Å². The molecule has 0 aliphatic carbocycles. The molecule has 6 nitrogen and oxygen atoms in total. The summed E-state index contributed by atoms with van der Waals surface area (Å²) < 4.78 is 44.4. The highest BCUT2D eigenvalue weighted by molar-refractivity contribution is 7.89. The van der Waals surface area contributed by atoms with Crippen LogP contribution < -0.4 is 9.46 Å². The molecular weight excluding hydrogens is 285 g/mol. The number of benzene rings is 1. The van der Waals surface area contributed by atoms with E-state index in [4.69, 9.17) is 4.74 Å². The molecule has 0 aliphatic heterocycles. The summed E-state index contributed by atoms with van der Waals surface area (Å²) in [6, 6.07) is 5.17. The fourth-order valence-electron chi connectivity index (χ4n) is 1.53. The lowest BCUT2D eigenvalue weighted by molar-refractivity contribution is 0.286. The first-order chi connectivity index (χ1) is 9.47. The number of halogens is 1. The Kier molecular flexibility index (Phi) is 4.35. The summed E-state index contributed by atoms with van der Waals surface area (Å²) in [5, 5.41) is -0.0184. The maximum absolute atomic E-state index is 12.9.